The minimum atomic E-state index is 0.871. The third-order valence-electron chi connectivity index (χ3n) is 6.42. The zero-order valence-corrected chi connectivity index (χ0v) is 18.8. The Morgan fingerprint density at radius 1 is 0.781 bits per heavy atom. The van der Waals surface area contributed by atoms with Gasteiger partial charge in [-0.2, -0.15) is 0 Å². The number of methoxy groups -OCH3 is 1. The second-order valence-corrected chi connectivity index (χ2v) is 8.28. The largest absolute Gasteiger partial charge is 0.497 e. The van der Waals surface area contributed by atoms with Gasteiger partial charge in [0.25, 0.3) is 0 Å². The van der Waals surface area contributed by atoms with Gasteiger partial charge in [-0.1, -0.05) is 67.6 Å². The van der Waals surface area contributed by atoms with E-state index in [9.17, 15) is 0 Å². The quantitative estimate of drug-likeness (QED) is 0.410. The Kier molecular flexibility index (Phi) is 5.78. The number of ether oxygens (including phenoxy) is 1. The van der Waals surface area contributed by atoms with Gasteiger partial charge in [0, 0.05) is 37.1 Å². The molecule has 1 aliphatic rings. The van der Waals surface area contributed by atoms with Crippen molar-refractivity contribution in [3.8, 4) is 28.1 Å². The number of piperazine rings is 1. The van der Waals surface area contributed by atoms with Crippen LogP contribution in [-0.4, -0.2) is 49.7 Å². The molecule has 3 aromatic carbocycles. The fourth-order valence-corrected chi connectivity index (χ4v) is 4.48. The van der Waals surface area contributed by atoms with Crippen LogP contribution >= 0.6 is 0 Å². The van der Waals surface area contributed by atoms with E-state index in [0.29, 0.717) is 0 Å². The summed E-state index contributed by atoms with van der Waals surface area (Å²) in [6.07, 6.45) is 0. The minimum Gasteiger partial charge on any atom is -0.497 e. The van der Waals surface area contributed by atoms with E-state index >= 15 is 0 Å². The first-order valence-electron chi connectivity index (χ1n) is 11.4. The molecule has 1 fully saturated rings. The topological polar surface area (TPSA) is 28.6 Å². The van der Waals surface area contributed by atoms with Crippen LogP contribution in [0.4, 0.5) is 5.82 Å². The number of nitrogens with zero attached hydrogens (tertiary/aromatic N) is 3. The second-order valence-electron chi connectivity index (χ2n) is 8.28. The number of hydrogen-bond acceptors (Lipinski definition) is 4. The van der Waals surface area contributed by atoms with E-state index in [1.807, 2.05) is 12.1 Å². The number of anilines is 1. The lowest BCUT2D eigenvalue weighted by Crippen LogP contribution is -2.46. The van der Waals surface area contributed by atoms with Crippen LogP contribution in [-0.2, 0) is 0 Å². The summed E-state index contributed by atoms with van der Waals surface area (Å²) in [6.45, 7) is 7.56. The van der Waals surface area contributed by atoms with Crippen LogP contribution in [0.25, 0.3) is 33.2 Å². The highest BCUT2D eigenvalue weighted by atomic mass is 16.5. The zero-order valence-electron chi connectivity index (χ0n) is 18.8. The lowest BCUT2D eigenvalue weighted by molar-refractivity contribution is 0.271. The number of likely N-dealkylation sites (N-methyl/N-ethyl adjacent to an activating group) is 1. The summed E-state index contributed by atoms with van der Waals surface area (Å²) in [5.74, 6) is 1.97. The first kappa shape index (κ1) is 20.5. The Hall–Kier alpha value is -3.37. The second kappa shape index (κ2) is 9.01. The Morgan fingerprint density at radius 2 is 1.53 bits per heavy atom. The van der Waals surface area contributed by atoms with Gasteiger partial charge in [-0.25, -0.2) is 4.98 Å². The van der Waals surface area contributed by atoms with Gasteiger partial charge < -0.3 is 14.5 Å². The summed E-state index contributed by atoms with van der Waals surface area (Å²) in [7, 11) is 1.70. The Labute approximate surface area is 190 Å². The average Bonchev–Trinajstić information content (AvgIpc) is 2.88. The summed E-state index contributed by atoms with van der Waals surface area (Å²) in [5.41, 5.74) is 4.48. The molecule has 0 amide bonds. The predicted octanol–water partition coefficient (Wildman–Crippen LogP) is 5.72. The van der Waals surface area contributed by atoms with Crippen molar-refractivity contribution < 1.29 is 4.74 Å². The van der Waals surface area contributed by atoms with Crippen LogP contribution in [0.1, 0.15) is 6.92 Å². The number of hydrogen-bond donors (Lipinski definition) is 0. The summed E-state index contributed by atoms with van der Waals surface area (Å²) in [5, 5.41) is 2.47. The molecule has 0 aliphatic carbocycles. The molecule has 2 heterocycles. The molecule has 5 rings (SSSR count). The smallest absolute Gasteiger partial charge is 0.137 e. The molecule has 0 radical (unpaired) electrons. The maximum atomic E-state index is 5.38. The highest BCUT2D eigenvalue weighted by molar-refractivity contribution is 5.95. The molecule has 4 aromatic rings. The Morgan fingerprint density at radius 3 is 2.28 bits per heavy atom. The van der Waals surface area contributed by atoms with Gasteiger partial charge in [-0.15, -0.1) is 0 Å². The summed E-state index contributed by atoms with van der Waals surface area (Å²) < 4.78 is 5.38. The minimum absolute atomic E-state index is 0.871. The molecular weight excluding hydrogens is 394 g/mol. The molecule has 32 heavy (non-hydrogen) atoms. The maximum Gasteiger partial charge on any atom is 0.137 e. The zero-order chi connectivity index (χ0) is 21.9. The number of aromatic nitrogens is 1. The van der Waals surface area contributed by atoms with Crippen LogP contribution in [0.3, 0.4) is 0 Å². The van der Waals surface area contributed by atoms with E-state index in [0.717, 1.165) is 61.1 Å². The third-order valence-corrected chi connectivity index (χ3v) is 6.42. The normalized spacial score (nSPS) is 14.6. The van der Waals surface area contributed by atoms with E-state index in [1.54, 1.807) is 7.11 Å². The first-order valence-corrected chi connectivity index (χ1v) is 11.4. The van der Waals surface area contributed by atoms with Crippen molar-refractivity contribution in [3.63, 3.8) is 0 Å². The first-order chi connectivity index (χ1) is 15.7. The van der Waals surface area contributed by atoms with Gasteiger partial charge >= 0.3 is 0 Å². The maximum absolute atomic E-state index is 5.38. The van der Waals surface area contributed by atoms with Crippen molar-refractivity contribution >= 4 is 16.6 Å². The lowest BCUT2D eigenvalue weighted by Gasteiger charge is -2.35. The SMILES string of the molecule is CCN1CCN(c2nc(-c3ccc(-c4cccc(OC)c4)cc3)cc3ccccc23)CC1. The molecule has 0 N–H and O–H groups in total. The van der Waals surface area contributed by atoms with Gasteiger partial charge in [0.15, 0.2) is 0 Å². The molecule has 0 bridgehead atoms. The van der Waals surface area contributed by atoms with Gasteiger partial charge in [0.2, 0.25) is 0 Å². The molecule has 162 valence electrons. The van der Waals surface area contributed by atoms with Crippen molar-refractivity contribution in [2.45, 2.75) is 6.92 Å². The van der Waals surface area contributed by atoms with E-state index in [2.05, 4.69) is 83.5 Å². The number of benzene rings is 3. The Bertz CT molecular complexity index is 1210. The molecule has 0 saturated carbocycles. The third kappa shape index (κ3) is 4.06. The van der Waals surface area contributed by atoms with Gasteiger partial charge in [0.1, 0.15) is 11.6 Å². The van der Waals surface area contributed by atoms with Crippen molar-refractivity contribution in [2.24, 2.45) is 0 Å². The van der Waals surface area contributed by atoms with Crippen molar-refractivity contribution in [1.82, 2.24) is 9.88 Å². The molecule has 1 saturated heterocycles. The van der Waals surface area contributed by atoms with Crippen LogP contribution in [0.2, 0.25) is 0 Å². The fraction of sp³-hybridized carbons (Fsp3) is 0.250. The molecule has 4 nitrogen and oxygen atoms in total. The summed E-state index contributed by atoms with van der Waals surface area (Å²) >= 11 is 0. The van der Waals surface area contributed by atoms with Gasteiger partial charge in [-0.05, 0) is 41.3 Å². The number of pyridine rings is 1. The highest BCUT2D eigenvalue weighted by Gasteiger charge is 2.19. The van der Waals surface area contributed by atoms with Crippen LogP contribution in [0.5, 0.6) is 5.75 Å². The fourth-order valence-electron chi connectivity index (χ4n) is 4.48. The highest BCUT2D eigenvalue weighted by Crippen LogP contribution is 2.32. The summed E-state index contributed by atoms with van der Waals surface area (Å²) in [4.78, 5) is 10.1. The van der Waals surface area contributed by atoms with E-state index in [1.165, 1.54) is 16.3 Å². The van der Waals surface area contributed by atoms with Crippen molar-refractivity contribution in [2.75, 3.05) is 44.7 Å². The monoisotopic (exact) mass is 423 g/mol. The van der Waals surface area contributed by atoms with Crippen LogP contribution in [0.15, 0.2) is 78.9 Å². The van der Waals surface area contributed by atoms with Crippen molar-refractivity contribution in [1.29, 1.82) is 0 Å². The van der Waals surface area contributed by atoms with E-state index in [-0.39, 0.29) is 0 Å². The van der Waals surface area contributed by atoms with E-state index in [4.69, 9.17) is 9.72 Å². The molecule has 0 atom stereocenters. The van der Waals surface area contributed by atoms with Gasteiger partial charge in [0.05, 0.1) is 12.8 Å². The molecular formula is C28H29N3O. The predicted molar refractivity (Wildman–Crippen MR) is 133 cm³/mol. The van der Waals surface area contributed by atoms with Crippen molar-refractivity contribution in [3.05, 3.63) is 78.9 Å². The van der Waals surface area contributed by atoms with Crippen LogP contribution < -0.4 is 9.64 Å². The Balaban J connectivity index is 1.50. The standard InChI is InChI=1S/C28H29N3O/c1-3-30-15-17-31(18-16-30)28-26-10-5-4-7-24(26)20-27(29-28)22-13-11-21(12-14-22)23-8-6-9-25(19-23)32-2/h4-14,19-20H,3,15-18H2,1-2H3. The van der Waals surface area contributed by atoms with E-state index < -0.39 is 0 Å². The molecule has 4 heteroatoms. The molecule has 0 spiro atoms. The average molecular weight is 424 g/mol. The number of rotatable bonds is 5. The van der Waals surface area contributed by atoms with Crippen LogP contribution in [0, 0.1) is 0 Å². The number of fused-ring (bicyclic) bond motifs is 1. The molecule has 0 unspecified atom stereocenters. The molecule has 1 aliphatic heterocycles. The molecule has 1 aromatic heterocycles. The summed E-state index contributed by atoms with van der Waals surface area (Å²) in [6, 6.07) is 27.7. The van der Waals surface area contributed by atoms with Gasteiger partial charge in [-0.3, -0.25) is 0 Å². The lowest BCUT2D eigenvalue weighted by atomic mass is 10.0.